The fraction of sp³-hybridized carbons (Fsp3) is 0.394. The van der Waals surface area contributed by atoms with E-state index in [1.807, 2.05) is 39.0 Å². The Hall–Kier alpha value is -4.38. The van der Waals surface area contributed by atoms with Gasteiger partial charge in [0, 0.05) is 10.4 Å². The Morgan fingerprint density at radius 3 is 2.39 bits per heavy atom. The predicted molar refractivity (Wildman–Crippen MR) is 173 cm³/mol. The number of hydrogen-bond donors (Lipinski definition) is 2. The number of ether oxygens (including phenoxy) is 4. The Balaban J connectivity index is 1.55. The summed E-state index contributed by atoms with van der Waals surface area (Å²) in [4.78, 5) is 38.8. The van der Waals surface area contributed by atoms with Crippen LogP contribution in [0.4, 0.5) is 5.00 Å². The molecule has 10 nitrogen and oxygen atoms in total. The zero-order valence-electron chi connectivity index (χ0n) is 26.2. The number of benzene rings is 2. The molecule has 3 rings (SSSR count). The quantitative estimate of drug-likeness (QED) is 0.0789. The summed E-state index contributed by atoms with van der Waals surface area (Å²) < 4.78 is 22.5. The number of aryl methyl sites for hydroxylation is 1. The average Bonchev–Trinajstić information content (AvgIpc) is 3.28. The lowest BCUT2D eigenvalue weighted by atomic mass is 10.1. The predicted octanol–water partition coefficient (Wildman–Crippen LogP) is 6.68. The summed E-state index contributed by atoms with van der Waals surface area (Å²) in [6.45, 7) is 12.4. The van der Waals surface area contributed by atoms with Gasteiger partial charge in [-0.05, 0) is 94.6 Å². The molecule has 0 aliphatic rings. The minimum absolute atomic E-state index is 0.239. The van der Waals surface area contributed by atoms with Gasteiger partial charge in [-0.3, -0.25) is 9.59 Å². The minimum atomic E-state index is -0.853. The van der Waals surface area contributed by atoms with E-state index in [0.29, 0.717) is 46.6 Å². The Bertz CT molecular complexity index is 1450. The summed E-state index contributed by atoms with van der Waals surface area (Å²) in [7, 11) is 0. The normalized spacial score (nSPS) is 11.6. The van der Waals surface area contributed by atoms with Gasteiger partial charge < -0.3 is 24.3 Å². The Labute approximate surface area is 262 Å². The van der Waals surface area contributed by atoms with E-state index < -0.39 is 18.0 Å². The molecule has 1 atom stereocenters. The summed E-state index contributed by atoms with van der Waals surface area (Å²) in [5, 5.41) is 7.31. The van der Waals surface area contributed by atoms with Gasteiger partial charge in [-0.25, -0.2) is 10.2 Å². The van der Waals surface area contributed by atoms with Crippen molar-refractivity contribution in [1.82, 2.24) is 5.43 Å². The van der Waals surface area contributed by atoms with E-state index in [-0.39, 0.29) is 12.5 Å². The highest BCUT2D eigenvalue weighted by molar-refractivity contribution is 7.16. The number of carbonyl (C=O) groups is 3. The zero-order valence-corrected chi connectivity index (χ0v) is 27.0. The maximum Gasteiger partial charge on any atom is 0.341 e. The lowest BCUT2D eigenvalue weighted by molar-refractivity contribution is -0.127. The summed E-state index contributed by atoms with van der Waals surface area (Å²) >= 11 is 1.32. The van der Waals surface area contributed by atoms with E-state index in [4.69, 9.17) is 18.9 Å². The fourth-order valence-corrected chi connectivity index (χ4v) is 5.11. The number of hydrogen-bond acceptors (Lipinski definition) is 9. The van der Waals surface area contributed by atoms with Crippen LogP contribution in [0.15, 0.2) is 47.6 Å². The number of nitrogens with zero attached hydrogens (tertiary/aromatic N) is 1. The smallest absolute Gasteiger partial charge is 0.341 e. The standard InChI is InChI=1S/C33H41N3O7S/c1-7-10-11-18-42-27-17-12-24(19-28(27)40-8-2)20-34-36-30(37)22(5)43-26-15-13-25(14-16-26)31(38)35-32-29(33(39)41-9-3)21(4)23(6)44-32/h12-17,19-20,22H,7-11,18H2,1-6H3,(H,35,38)(H,36,37)/b34-20+. The Kier molecular flexibility index (Phi) is 13.2. The van der Waals surface area contributed by atoms with E-state index in [0.717, 1.165) is 35.3 Å². The second-order valence-electron chi connectivity index (χ2n) is 9.88. The molecule has 0 spiro atoms. The van der Waals surface area contributed by atoms with Crippen LogP contribution < -0.4 is 25.0 Å². The molecular weight excluding hydrogens is 582 g/mol. The third kappa shape index (κ3) is 9.57. The van der Waals surface area contributed by atoms with Crippen molar-refractivity contribution in [2.75, 3.05) is 25.1 Å². The van der Waals surface area contributed by atoms with Gasteiger partial charge >= 0.3 is 5.97 Å². The number of carbonyl (C=O) groups excluding carboxylic acids is 3. The number of unbranched alkanes of at least 4 members (excludes halogenated alkanes) is 2. The van der Waals surface area contributed by atoms with Crippen molar-refractivity contribution in [2.45, 2.75) is 66.9 Å². The highest BCUT2D eigenvalue weighted by Gasteiger charge is 2.22. The van der Waals surface area contributed by atoms with Crippen molar-refractivity contribution in [3.8, 4) is 17.2 Å². The first-order valence-corrected chi connectivity index (χ1v) is 15.6. The number of anilines is 1. The monoisotopic (exact) mass is 623 g/mol. The van der Waals surface area contributed by atoms with Crippen LogP contribution in [0.1, 0.15) is 83.7 Å². The molecule has 0 aliphatic carbocycles. The number of thiophene rings is 1. The molecule has 2 N–H and O–H groups in total. The first kappa shape index (κ1) is 34.1. The van der Waals surface area contributed by atoms with E-state index in [9.17, 15) is 14.4 Å². The first-order chi connectivity index (χ1) is 21.2. The molecule has 236 valence electrons. The molecular formula is C33H41N3O7S. The maximum absolute atomic E-state index is 12.9. The van der Waals surface area contributed by atoms with Crippen molar-refractivity contribution in [3.05, 3.63) is 69.6 Å². The van der Waals surface area contributed by atoms with Gasteiger partial charge in [-0.15, -0.1) is 11.3 Å². The number of amides is 2. The van der Waals surface area contributed by atoms with Gasteiger partial charge in [0.05, 0.1) is 31.6 Å². The molecule has 3 aromatic rings. The van der Waals surface area contributed by atoms with Gasteiger partial charge in [0.25, 0.3) is 11.8 Å². The lowest BCUT2D eigenvalue weighted by Gasteiger charge is -2.14. The molecule has 0 saturated heterocycles. The van der Waals surface area contributed by atoms with Gasteiger partial charge in [0.15, 0.2) is 17.6 Å². The minimum Gasteiger partial charge on any atom is -0.490 e. The molecule has 2 aromatic carbocycles. The first-order valence-electron chi connectivity index (χ1n) is 14.8. The van der Waals surface area contributed by atoms with Gasteiger partial charge in [0.1, 0.15) is 10.8 Å². The van der Waals surface area contributed by atoms with Crippen LogP contribution in [0.25, 0.3) is 0 Å². The molecule has 44 heavy (non-hydrogen) atoms. The number of esters is 1. The molecule has 0 bridgehead atoms. The Morgan fingerprint density at radius 2 is 1.70 bits per heavy atom. The van der Waals surface area contributed by atoms with E-state index in [1.54, 1.807) is 38.1 Å². The van der Waals surface area contributed by atoms with Crippen molar-refractivity contribution < 1.29 is 33.3 Å². The van der Waals surface area contributed by atoms with Gasteiger partial charge in [-0.2, -0.15) is 5.10 Å². The molecule has 11 heteroatoms. The van der Waals surface area contributed by atoms with Crippen molar-refractivity contribution >= 4 is 40.3 Å². The number of hydrazone groups is 1. The molecule has 1 heterocycles. The molecule has 1 unspecified atom stereocenters. The summed E-state index contributed by atoms with van der Waals surface area (Å²) in [6, 6.07) is 11.8. The van der Waals surface area contributed by atoms with Crippen molar-refractivity contribution in [2.24, 2.45) is 5.10 Å². The highest BCUT2D eigenvalue weighted by Crippen LogP contribution is 2.33. The second-order valence-corrected chi connectivity index (χ2v) is 11.1. The largest absolute Gasteiger partial charge is 0.490 e. The third-order valence-electron chi connectivity index (χ3n) is 6.55. The highest BCUT2D eigenvalue weighted by atomic mass is 32.1. The van der Waals surface area contributed by atoms with Crippen LogP contribution in [0.3, 0.4) is 0 Å². The number of nitrogens with one attached hydrogen (secondary N) is 2. The average molecular weight is 624 g/mol. The van der Waals surface area contributed by atoms with Crippen LogP contribution in [-0.2, 0) is 9.53 Å². The van der Waals surface area contributed by atoms with E-state index in [2.05, 4.69) is 22.8 Å². The molecule has 1 aromatic heterocycles. The Morgan fingerprint density at radius 1 is 0.955 bits per heavy atom. The fourth-order valence-electron chi connectivity index (χ4n) is 4.07. The second kappa shape index (κ2) is 17.0. The molecule has 0 fully saturated rings. The van der Waals surface area contributed by atoms with Crippen molar-refractivity contribution in [1.29, 1.82) is 0 Å². The molecule has 0 radical (unpaired) electrons. The summed E-state index contributed by atoms with van der Waals surface area (Å²) in [5.74, 6) is 0.395. The van der Waals surface area contributed by atoms with Crippen LogP contribution in [0, 0.1) is 13.8 Å². The molecule has 0 aliphatic heterocycles. The van der Waals surface area contributed by atoms with Crippen LogP contribution >= 0.6 is 11.3 Å². The van der Waals surface area contributed by atoms with Crippen molar-refractivity contribution in [3.63, 3.8) is 0 Å². The molecule has 0 saturated carbocycles. The summed E-state index contributed by atoms with van der Waals surface area (Å²) in [5.41, 5.74) is 4.73. The van der Waals surface area contributed by atoms with Crippen LogP contribution in [-0.4, -0.2) is 49.9 Å². The zero-order chi connectivity index (χ0) is 32.1. The summed E-state index contributed by atoms with van der Waals surface area (Å²) in [6.07, 6.45) is 3.87. The van der Waals surface area contributed by atoms with Gasteiger partial charge in [-0.1, -0.05) is 19.8 Å². The van der Waals surface area contributed by atoms with Gasteiger partial charge in [0.2, 0.25) is 0 Å². The van der Waals surface area contributed by atoms with Crippen LogP contribution in [0.2, 0.25) is 0 Å². The van der Waals surface area contributed by atoms with E-state index in [1.165, 1.54) is 17.6 Å². The molecule has 2 amide bonds. The van der Waals surface area contributed by atoms with Crippen LogP contribution in [0.5, 0.6) is 17.2 Å². The number of rotatable bonds is 16. The lowest BCUT2D eigenvalue weighted by Crippen LogP contribution is -2.33. The maximum atomic E-state index is 12.9. The van der Waals surface area contributed by atoms with E-state index >= 15 is 0 Å². The SMILES string of the molecule is CCCCCOc1ccc(/C=N/NC(=O)C(C)Oc2ccc(C(=O)Nc3sc(C)c(C)c3C(=O)OCC)cc2)cc1OCC. The third-order valence-corrected chi connectivity index (χ3v) is 7.67. The topological polar surface area (TPSA) is 125 Å².